The Morgan fingerprint density at radius 1 is 1.43 bits per heavy atom. The molecule has 21 heavy (non-hydrogen) atoms. The first-order chi connectivity index (χ1) is 10.1. The molecule has 0 amide bonds. The topological polar surface area (TPSA) is 61.8 Å². The molecule has 0 aromatic carbocycles. The summed E-state index contributed by atoms with van der Waals surface area (Å²) in [4.78, 5) is 28.9. The lowest BCUT2D eigenvalue weighted by molar-refractivity contribution is 0.557. The fraction of sp³-hybridized carbons (Fsp3) is 0.400. The maximum absolute atomic E-state index is 12.5. The van der Waals surface area contributed by atoms with E-state index in [4.69, 9.17) is 6.42 Å². The van der Waals surface area contributed by atoms with Crippen molar-refractivity contribution in [1.29, 1.82) is 0 Å². The standard InChI is InChI=1S/C15H18N4O2/c1-4-6-7-8-10-19-14(20)12-13(17(3)15(19)21)16-11-18(12)9-5-2/h1,5,11H,2,6-10H2,3H3. The number of unbranched alkanes of at least 4 members (excludes halogenated alkanes) is 2. The van der Waals surface area contributed by atoms with Crippen molar-refractivity contribution in [2.75, 3.05) is 0 Å². The number of hydrogen-bond acceptors (Lipinski definition) is 3. The lowest BCUT2D eigenvalue weighted by Crippen LogP contribution is -2.39. The van der Waals surface area contributed by atoms with Crippen LogP contribution in [0, 0.1) is 12.3 Å². The van der Waals surface area contributed by atoms with Gasteiger partial charge in [0.15, 0.2) is 11.2 Å². The largest absolute Gasteiger partial charge is 0.332 e. The lowest BCUT2D eigenvalue weighted by Gasteiger charge is -2.08. The molecule has 0 N–H and O–H groups in total. The van der Waals surface area contributed by atoms with E-state index in [1.807, 2.05) is 0 Å². The van der Waals surface area contributed by atoms with Gasteiger partial charge in [-0.2, -0.15) is 0 Å². The van der Waals surface area contributed by atoms with Gasteiger partial charge in [-0.3, -0.25) is 13.9 Å². The van der Waals surface area contributed by atoms with Crippen LogP contribution in [0.15, 0.2) is 28.6 Å². The monoisotopic (exact) mass is 286 g/mol. The second kappa shape index (κ2) is 6.27. The number of rotatable bonds is 6. The van der Waals surface area contributed by atoms with Gasteiger partial charge in [0.1, 0.15) is 0 Å². The summed E-state index contributed by atoms with van der Waals surface area (Å²) in [6.45, 7) is 4.50. The number of fused-ring (bicyclic) bond motifs is 1. The number of nitrogens with zero attached hydrogens (tertiary/aromatic N) is 4. The quantitative estimate of drug-likeness (QED) is 0.450. The number of terminal acetylenes is 1. The highest BCUT2D eigenvalue weighted by Crippen LogP contribution is 2.06. The Morgan fingerprint density at radius 2 is 2.19 bits per heavy atom. The third-order valence-electron chi connectivity index (χ3n) is 3.38. The highest BCUT2D eigenvalue weighted by Gasteiger charge is 2.15. The minimum Gasteiger partial charge on any atom is -0.321 e. The number of imidazole rings is 1. The van der Waals surface area contributed by atoms with Gasteiger partial charge >= 0.3 is 5.69 Å². The van der Waals surface area contributed by atoms with Crippen molar-refractivity contribution < 1.29 is 0 Å². The van der Waals surface area contributed by atoms with Crippen LogP contribution in [-0.2, 0) is 20.1 Å². The van der Waals surface area contributed by atoms with Crippen LogP contribution in [0.3, 0.4) is 0 Å². The van der Waals surface area contributed by atoms with Crippen LogP contribution >= 0.6 is 0 Å². The van der Waals surface area contributed by atoms with Gasteiger partial charge < -0.3 is 4.57 Å². The van der Waals surface area contributed by atoms with Crippen molar-refractivity contribution in [3.8, 4) is 12.3 Å². The fourth-order valence-corrected chi connectivity index (χ4v) is 2.29. The smallest absolute Gasteiger partial charge is 0.321 e. The van der Waals surface area contributed by atoms with E-state index in [2.05, 4.69) is 17.5 Å². The zero-order valence-electron chi connectivity index (χ0n) is 12.1. The van der Waals surface area contributed by atoms with Crippen LogP contribution in [0.2, 0.25) is 0 Å². The van der Waals surface area contributed by atoms with Crippen molar-refractivity contribution in [2.24, 2.45) is 7.05 Å². The zero-order chi connectivity index (χ0) is 15.4. The number of aromatic nitrogens is 4. The summed E-state index contributed by atoms with van der Waals surface area (Å²) in [6.07, 6.45) is 10.6. The van der Waals surface area contributed by atoms with Crippen molar-refractivity contribution in [2.45, 2.75) is 32.4 Å². The van der Waals surface area contributed by atoms with E-state index in [1.165, 1.54) is 9.13 Å². The molecule has 0 aliphatic rings. The van der Waals surface area contributed by atoms with Crippen molar-refractivity contribution in [3.05, 3.63) is 39.8 Å². The Bertz CT molecular complexity index is 817. The molecule has 0 bridgehead atoms. The van der Waals surface area contributed by atoms with Gasteiger partial charge in [0.2, 0.25) is 0 Å². The predicted molar refractivity (Wildman–Crippen MR) is 82.1 cm³/mol. The van der Waals surface area contributed by atoms with E-state index < -0.39 is 0 Å². The fourth-order valence-electron chi connectivity index (χ4n) is 2.29. The third-order valence-corrected chi connectivity index (χ3v) is 3.38. The highest BCUT2D eigenvalue weighted by molar-refractivity contribution is 5.70. The molecule has 6 heteroatoms. The van der Waals surface area contributed by atoms with Crippen LogP contribution in [0.5, 0.6) is 0 Å². The van der Waals surface area contributed by atoms with E-state index >= 15 is 0 Å². The highest BCUT2D eigenvalue weighted by atomic mass is 16.2. The molecule has 2 rings (SSSR count). The maximum Gasteiger partial charge on any atom is 0.332 e. The molecule has 0 aliphatic carbocycles. The number of aryl methyl sites for hydroxylation is 1. The van der Waals surface area contributed by atoms with Crippen molar-refractivity contribution in [3.63, 3.8) is 0 Å². The van der Waals surface area contributed by atoms with E-state index in [0.29, 0.717) is 37.1 Å². The van der Waals surface area contributed by atoms with E-state index in [-0.39, 0.29) is 11.2 Å². The molecular weight excluding hydrogens is 268 g/mol. The molecule has 0 saturated heterocycles. The normalized spacial score (nSPS) is 10.7. The van der Waals surface area contributed by atoms with Gasteiger partial charge in [-0.05, 0) is 12.8 Å². The molecule has 2 aromatic heterocycles. The minimum absolute atomic E-state index is 0.312. The van der Waals surface area contributed by atoms with Crippen LogP contribution in [-0.4, -0.2) is 18.7 Å². The first kappa shape index (κ1) is 14.9. The molecule has 0 atom stereocenters. The molecule has 0 aliphatic heterocycles. The average Bonchev–Trinajstić information content (AvgIpc) is 2.89. The van der Waals surface area contributed by atoms with E-state index in [0.717, 1.165) is 6.42 Å². The molecule has 0 fully saturated rings. The zero-order valence-corrected chi connectivity index (χ0v) is 12.1. The van der Waals surface area contributed by atoms with Gasteiger partial charge in [0.05, 0.1) is 6.33 Å². The lowest BCUT2D eigenvalue weighted by atomic mass is 10.2. The van der Waals surface area contributed by atoms with Gasteiger partial charge in [-0.15, -0.1) is 18.9 Å². The van der Waals surface area contributed by atoms with Crippen LogP contribution < -0.4 is 11.2 Å². The first-order valence-electron chi connectivity index (χ1n) is 6.80. The molecule has 0 unspecified atom stereocenters. The van der Waals surface area contributed by atoms with Crippen LogP contribution in [0.1, 0.15) is 19.3 Å². The number of hydrogen-bond donors (Lipinski definition) is 0. The Hall–Kier alpha value is -2.55. The van der Waals surface area contributed by atoms with Gasteiger partial charge in [0.25, 0.3) is 5.56 Å². The molecule has 2 heterocycles. The number of allylic oxidation sites excluding steroid dienone is 1. The average molecular weight is 286 g/mol. The summed E-state index contributed by atoms with van der Waals surface area (Å²) in [5, 5.41) is 0. The predicted octanol–water partition coefficient (Wildman–Crippen LogP) is 0.886. The van der Waals surface area contributed by atoms with Gasteiger partial charge in [-0.25, -0.2) is 9.78 Å². The second-order valence-electron chi connectivity index (χ2n) is 4.82. The third kappa shape index (κ3) is 2.68. The van der Waals surface area contributed by atoms with Crippen LogP contribution in [0.4, 0.5) is 0 Å². The van der Waals surface area contributed by atoms with E-state index in [1.54, 1.807) is 24.0 Å². The van der Waals surface area contributed by atoms with Gasteiger partial charge in [-0.1, -0.05) is 6.08 Å². The van der Waals surface area contributed by atoms with Gasteiger partial charge in [0, 0.05) is 26.6 Å². The van der Waals surface area contributed by atoms with Crippen molar-refractivity contribution in [1.82, 2.24) is 18.7 Å². The summed E-state index contributed by atoms with van der Waals surface area (Å²) >= 11 is 0. The summed E-state index contributed by atoms with van der Waals surface area (Å²) < 4.78 is 4.35. The summed E-state index contributed by atoms with van der Waals surface area (Å²) in [5.41, 5.74) is 0.158. The molecule has 6 nitrogen and oxygen atoms in total. The Balaban J connectivity index is 2.53. The maximum atomic E-state index is 12.5. The molecule has 0 saturated carbocycles. The molecule has 110 valence electrons. The summed E-state index contributed by atoms with van der Waals surface area (Å²) in [6, 6.07) is 0. The first-order valence-corrected chi connectivity index (χ1v) is 6.80. The van der Waals surface area contributed by atoms with Crippen LogP contribution in [0.25, 0.3) is 11.2 Å². The SMILES string of the molecule is C#CCCCCn1c(=O)c2c(ncn2CC=C)n(C)c1=O. The summed E-state index contributed by atoms with van der Waals surface area (Å²) in [5.74, 6) is 2.55. The Labute approximate surface area is 122 Å². The Kier molecular flexibility index (Phi) is 4.43. The molecule has 0 radical (unpaired) electrons. The molecule has 2 aromatic rings. The molecular formula is C15H18N4O2. The molecule has 0 spiro atoms. The van der Waals surface area contributed by atoms with E-state index in [9.17, 15) is 9.59 Å². The summed E-state index contributed by atoms with van der Waals surface area (Å²) in [7, 11) is 1.62. The Morgan fingerprint density at radius 3 is 2.86 bits per heavy atom. The van der Waals surface area contributed by atoms with Crippen molar-refractivity contribution >= 4 is 11.2 Å². The second-order valence-corrected chi connectivity index (χ2v) is 4.82. The minimum atomic E-state index is -0.350.